The van der Waals surface area contributed by atoms with Crippen LogP contribution < -0.4 is 0 Å². The van der Waals surface area contributed by atoms with E-state index in [4.69, 9.17) is 11.6 Å². The van der Waals surface area contributed by atoms with Gasteiger partial charge in [-0.25, -0.2) is 4.98 Å². The first-order valence-electron chi connectivity index (χ1n) is 4.50. The highest BCUT2D eigenvalue weighted by atomic mass is 35.5. The molecule has 0 N–H and O–H groups in total. The van der Waals surface area contributed by atoms with Crippen LogP contribution >= 0.6 is 22.9 Å². The molecular formula is C11H14ClNS. The predicted molar refractivity (Wildman–Crippen MR) is 63.0 cm³/mol. The number of rotatable bonds is 1. The van der Waals surface area contributed by atoms with Crippen LogP contribution in [0.15, 0.2) is 5.38 Å². The molecular weight excluding hydrogens is 214 g/mol. The van der Waals surface area contributed by atoms with Crippen molar-refractivity contribution in [2.75, 3.05) is 5.88 Å². The van der Waals surface area contributed by atoms with E-state index in [2.05, 4.69) is 43.0 Å². The Morgan fingerprint density at radius 3 is 2.64 bits per heavy atom. The second kappa shape index (κ2) is 4.82. The molecule has 0 unspecified atom stereocenters. The lowest BCUT2D eigenvalue weighted by atomic mass is 9.93. The lowest BCUT2D eigenvalue weighted by Gasteiger charge is -2.14. The van der Waals surface area contributed by atoms with Crippen LogP contribution in [0.1, 0.15) is 31.5 Å². The molecule has 0 aliphatic carbocycles. The maximum atomic E-state index is 5.45. The van der Waals surface area contributed by atoms with Crippen molar-refractivity contribution in [3.63, 3.8) is 0 Å². The summed E-state index contributed by atoms with van der Waals surface area (Å²) in [5.41, 5.74) is 1.28. The Morgan fingerprint density at radius 2 is 2.14 bits per heavy atom. The average Bonchev–Trinajstić information content (AvgIpc) is 2.52. The lowest BCUT2D eigenvalue weighted by Crippen LogP contribution is -2.11. The highest BCUT2D eigenvalue weighted by molar-refractivity contribution is 7.09. The van der Waals surface area contributed by atoms with E-state index in [0.29, 0.717) is 12.3 Å². The Balaban J connectivity index is 2.69. The summed E-state index contributed by atoms with van der Waals surface area (Å²) in [7, 11) is 0. The maximum Gasteiger partial charge on any atom is 0.105 e. The first kappa shape index (κ1) is 11.6. The molecule has 1 aromatic heterocycles. The van der Waals surface area contributed by atoms with Crippen LogP contribution in [0.2, 0.25) is 0 Å². The Kier molecular flexibility index (Phi) is 3.97. The van der Waals surface area contributed by atoms with Crippen LogP contribution in [-0.4, -0.2) is 10.9 Å². The third-order valence-electron chi connectivity index (χ3n) is 1.75. The zero-order valence-corrected chi connectivity index (χ0v) is 10.3. The summed E-state index contributed by atoms with van der Waals surface area (Å²) in [5, 5.41) is 3.19. The van der Waals surface area contributed by atoms with Gasteiger partial charge >= 0.3 is 0 Å². The number of nitrogens with zero attached hydrogens (tertiary/aromatic N) is 1. The Morgan fingerprint density at radius 1 is 1.43 bits per heavy atom. The molecule has 0 saturated heterocycles. The molecule has 0 amide bonds. The van der Waals surface area contributed by atoms with E-state index in [0.717, 1.165) is 10.7 Å². The highest BCUT2D eigenvalue weighted by Gasteiger charge is 2.16. The Bertz CT molecular complexity index is 351. The van der Waals surface area contributed by atoms with Gasteiger partial charge in [0.1, 0.15) is 5.01 Å². The van der Waals surface area contributed by atoms with Gasteiger partial charge in [0.05, 0.1) is 18.0 Å². The zero-order valence-electron chi connectivity index (χ0n) is 8.72. The fourth-order valence-electron chi connectivity index (χ4n) is 0.922. The van der Waals surface area contributed by atoms with Crippen molar-refractivity contribution in [2.45, 2.75) is 32.6 Å². The quantitative estimate of drug-likeness (QED) is 0.530. The maximum absolute atomic E-state index is 5.45. The number of thiazole rings is 1. The summed E-state index contributed by atoms with van der Waals surface area (Å²) >= 11 is 7.13. The van der Waals surface area contributed by atoms with Crippen molar-refractivity contribution in [3.8, 4) is 11.8 Å². The number of alkyl halides is 1. The van der Waals surface area contributed by atoms with Crippen molar-refractivity contribution < 1.29 is 0 Å². The molecule has 0 radical (unpaired) electrons. The molecule has 1 nitrogen and oxygen atoms in total. The minimum atomic E-state index is 0.134. The first-order valence-corrected chi connectivity index (χ1v) is 5.92. The third kappa shape index (κ3) is 3.32. The van der Waals surface area contributed by atoms with Crippen LogP contribution in [0.5, 0.6) is 0 Å². The second-order valence-corrected chi connectivity index (χ2v) is 5.25. The van der Waals surface area contributed by atoms with Gasteiger partial charge in [-0.3, -0.25) is 0 Å². The van der Waals surface area contributed by atoms with E-state index in [-0.39, 0.29) is 5.41 Å². The van der Waals surface area contributed by atoms with E-state index in [1.54, 1.807) is 11.3 Å². The van der Waals surface area contributed by atoms with E-state index in [1.165, 1.54) is 0 Å². The van der Waals surface area contributed by atoms with Crippen molar-refractivity contribution in [1.29, 1.82) is 0 Å². The van der Waals surface area contributed by atoms with Crippen molar-refractivity contribution in [3.05, 3.63) is 16.1 Å². The second-order valence-electron chi connectivity index (χ2n) is 4.04. The van der Waals surface area contributed by atoms with Gasteiger partial charge in [0.15, 0.2) is 0 Å². The van der Waals surface area contributed by atoms with Crippen LogP contribution in [0, 0.1) is 11.8 Å². The van der Waals surface area contributed by atoms with E-state index >= 15 is 0 Å². The van der Waals surface area contributed by atoms with Gasteiger partial charge in [-0.2, -0.15) is 0 Å². The van der Waals surface area contributed by atoms with Gasteiger partial charge in [-0.1, -0.05) is 32.6 Å². The van der Waals surface area contributed by atoms with E-state index < -0.39 is 0 Å². The smallest absolute Gasteiger partial charge is 0.105 e. The summed E-state index contributed by atoms with van der Waals surface area (Å²) < 4.78 is 0. The van der Waals surface area contributed by atoms with Crippen LogP contribution in [-0.2, 0) is 11.8 Å². The van der Waals surface area contributed by atoms with Gasteiger partial charge in [-0.05, 0) is 0 Å². The molecule has 14 heavy (non-hydrogen) atoms. The molecule has 0 bridgehead atoms. The molecule has 1 rings (SSSR count). The average molecular weight is 228 g/mol. The van der Waals surface area contributed by atoms with Gasteiger partial charge in [0.25, 0.3) is 0 Å². The standard InChI is InChI=1S/C11H14ClNS/c1-11(2,3)9-8-14-10(13-9)6-4-5-7-12/h8H,6-7H2,1-3H3. The number of halogens is 1. The Hall–Kier alpha value is -0.520. The van der Waals surface area contributed by atoms with E-state index in [9.17, 15) is 0 Å². The van der Waals surface area contributed by atoms with Gasteiger partial charge in [0, 0.05) is 10.8 Å². The van der Waals surface area contributed by atoms with Crippen molar-refractivity contribution >= 4 is 22.9 Å². The Labute approximate surface area is 94.5 Å². The molecule has 1 aromatic rings. The van der Waals surface area contributed by atoms with Crippen LogP contribution in [0.4, 0.5) is 0 Å². The highest BCUT2D eigenvalue weighted by Crippen LogP contribution is 2.23. The largest absolute Gasteiger partial charge is 0.245 e. The zero-order chi connectivity index (χ0) is 10.6. The predicted octanol–water partition coefficient (Wildman–Crippen LogP) is 3.23. The molecule has 0 aliphatic heterocycles. The summed E-state index contributed by atoms with van der Waals surface area (Å²) in [5.74, 6) is 6.21. The minimum absolute atomic E-state index is 0.134. The molecule has 1 heterocycles. The monoisotopic (exact) mass is 227 g/mol. The van der Waals surface area contributed by atoms with Crippen LogP contribution in [0.3, 0.4) is 0 Å². The summed E-state index contributed by atoms with van der Waals surface area (Å²) in [6.45, 7) is 6.49. The number of hydrogen-bond donors (Lipinski definition) is 0. The normalized spacial score (nSPS) is 10.9. The molecule has 0 aliphatic rings. The van der Waals surface area contributed by atoms with Crippen molar-refractivity contribution in [2.24, 2.45) is 0 Å². The lowest BCUT2D eigenvalue weighted by molar-refractivity contribution is 0.571. The summed E-state index contributed by atoms with van der Waals surface area (Å²) in [4.78, 5) is 4.53. The number of aromatic nitrogens is 1. The molecule has 0 spiro atoms. The molecule has 3 heteroatoms. The third-order valence-corrected chi connectivity index (χ3v) is 2.73. The SMILES string of the molecule is CC(C)(C)c1csc(CC#CCCl)n1. The minimum Gasteiger partial charge on any atom is -0.245 e. The topological polar surface area (TPSA) is 12.9 Å². The molecule has 0 atom stereocenters. The molecule has 0 saturated carbocycles. The van der Waals surface area contributed by atoms with Crippen LogP contribution in [0.25, 0.3) is 0 Å². The first-order chi connectivity index (χ1) is 6.54. The van der Waals surface area contributed by atoms with Crippen molar-refractivity contribution in [1.82, 2.24) is 4.98 Å². The molecule has 0 fully saturated rings. The molecule has 0 aromatic carbocycles. The summed E-state index contributed by atoms with van der Waals surface area (Å²) in [6.07, 6.45) is 0.716. The summed E-state index contributed by atoms with van der Waals surface area (Å²) in [6, 6.07) is 0. The van der Waals surface area contributed by atoms with E-state index in [1.807, 2.05) is 0 Å². The fourth-order valence-corrected chi connectivity index (χ4v) is 1.98. The van der Waals surface area contributed by atoms with Gasteiger partial charge in [0.2, 0.25) is 0 Å². The van der Waals surface area contributed by atoms with Gasteiger partial charge in [-0.15, -0.1) is 22.9 Å². The fraction of sp³-hybridized carbons (Fsp3) is 0.545. The van der Waals surface area contributed by atoms with Gasteiger partial charge < -0.3 is 0 Å². The number of hydrogen-bond acceptors (Lipinski definition) is 2. The molecule has 76 valence electrons.